The van der Waals surface area contributed by atoms with E-state index in [9.17, 15) is 14.4 Å². The molecule has 1 rings (SSSR count). The van der Waals surface area contributed by atoms with E-state index in [4.69, 9.17) is 9.47 Å². The fourth-order valence-corrected chi connectivity index (χ4v) is 3.73. The fourth-order valence-electron chi connectivity index (χ4n) is 3.73. The zero-order valence-corrected chi connectivity index (χ0v) is 19.2. The lowest BCUT2D eigenvalue weighted by Crippen LogP contribution is -2.18. The minimum atomic E-state index is -0.547. The van der Waals surface area contributed by atoms with Gasteiger partial charge in [-0.15, -0.1) is 0 Å². The van der Waals surface area contributed by atoms with Gasteiger partial charge in [0.2, 0.25) is 0 Å². The summed E-state index contributed by atoms with van der Waals surface area (Å²) in [4.78, 5) is 35.0. The molecule has 30 heavy (non-hydrogen) atoms. The SMILES string of the molecule is CCOCC(C)(C)CC=C[C@H]1CCC(=O)[C@@H]1CCCCC(=CC(=O)OC)OC(C)=O. The molecule has 0 heterocycles. The third-order valence-corrected chi connectivity index (χ3v) is 5.35. The molecule has 0 bridgehead atoms. The molecule has 1 saturated carbocycles. The average molecular weight is 423 g/mol. The number of ketones is 1. The van der Waals surface area contributed by atoms with Gasteiger partial charge in [0.15, 0.2) is 0 Å². The van der Waals surface area contributed by atoms with E-state index in [1.807, 2.05) is 6.92 Å². The number of carbonyl (C=O) groups excluding carboxylic acids is 3. The molecule has 0 saturated heterocycles. The molecule has 0 aromatic carbocycles. The van der Waals surface area contributed by atoms with E-state index < -0.39 is 11.9 Å². The summed E-state index contributed by atoms with van der Waals surface area (Å²) in [5.41, 5.74) is 0.0870. The van der Waals surface area contributed by atoms with Crippen molar-refractivity contribution in [2.45, 2.75) is 72.6 Å². The van der Waals surface area contributed by atoms with Crippen molar-refractivity contribution in [1.29, 1.82) is 0 Å². The van der Waals surface area contributed by atoms with Crippen molar-refractivity contribution in [3.63, 3.8) is 0 Å². The van der Waals surface area contributed by atoms with Crippen LogP contribution in [0.4, 0.5) is 0 Å². The van der Waals surface area contributed by atoms with E-state index in [-0.39, 0.29) is 11.3 Å². The second-order valence-electron chi connectivity index (χ2n) is 8.68. The summed E-state index contributed by atoms with van der Waals surface area (Å²) in [5.74, 6) is -0.0242. The first-order chi connectivity index (χ1) is 14.2. The maximum atomic E-state index is 12.3. The Bertz CT molecular complexity index is 632. The van der Waals surface area contributed by atoms with Gasteiger partial charge in [0.25, 0.3) is 0 Å². The molecule has 1 fully saturated rings. The Morgan fingerprint density at radius 2 is 1.97 bits per heavy atom. The fraction of sp³-hybridized carbons (Fsp3) is 0.708. The van der Waals surface area contributed by atoms with E-state index >= 15 is 0 Å². The highest BCUT2D eigenvalue weighted by Crippen LogP contribution is 2.34. The molecule has 0 radical (unpaired) electrons. The summed E-state index contributed by atoms with van der Waals surface area (Å²) >= 11 is 0. The van der Waals surface area contributed by atoms with Crippen LogP contribution in [0.3, 0.4) is 0 Å². The highest BCUT2D eigenvalue weighted by atomic mass is 16.5. The van der Waals surface area contributed by atoms with Crippen molar-refractivity contribution in [1.82, 2.24) is 0 Å². The van der Waals surface area contributed by atoms with Gasteiger partial charge >= 0.3 is 11.9 Å². The number of unbranched alkanes of at least 4 members (excludes halogenated alkanes) is 1. The molecule has 1 aliphatic carbocycles. The smallest absolute Gasteiger partial charge is 0.333 e. The molecule has 0 aromatic rings. The molecule has 0 aromatic heterocycles. The lowest BCUT2D eigenvalue weighted by molar-refractivity contribution is -0.137. The molecule has 0 spiro atoms. The Morgan fingerprint density at radius 3 is 2.60 bits per heavy atom. The van der Waals surface area contributed by atoms with Crippen molar-refractivity contribution in [3.05, 3.63) is 24.0 Å². The minimum absolute atomic E-state index is 0.0537. The van der Waals surface area contributed by atoms with Crippen LogP contribution in [0.1, 0.15) is 72.6 Å². The molecule has 0 amide bonds. The van der Waals surface area contributed by atoms with Crippen molar-refractivity contribution in [2.24, 2.45) is 17.3 Å². The highest BCUT2D eigenvalue weighted by Gasteiger charge is 2.32. The number of allylic oxidation sites excluding steroid dienone is 3. The van der Waals surface area contributed by atoms with Crippen LogP contribution in [0, 0.1) is 17.3 Å². The van der Waals surface area contributed by atoms with Crippen molar-refractivity contribution < 1.29 is 28.6 Å². The second-order valence-corrected chi connectivity index (χ2v) is 8.68. The zero-order chi connectivity index (χ0) is 22.6. The van der Waals surface area contributed by atoms with Gasteiger partial charge in [-0.2, -0.15) is 0 Å². The van der Waals surface area contributed by atoms with Crippen molar-refractivity contribution >= 4 is 17.7 Å². The number of rotatable bonds is 13. The topological polar surface area (TPSA) is 78.9 Å². The number of hydrogen-bond acceptors (Lipinski definition) is 6. The Morgan fingerprint density at radius 1 is 1.23 bits per heavy atom. The number of ether oxygens (including phenoxy) is 3. The molecule has 1 aliphatic rings. The third-order valence-electron chi connectivity index (χ3n) is 5.35. The van der Waals surface area contributed by atoms with Crippen LogP contribution in [0.5, 0.6) is 0 Å². The van der Waals surface area contributed by atoms with Crippen molar-refractivity contribution in [3.8, 4) is 0 Å². The van der Waals surface area contributed by atoms with Gasteiger partial charge in [-0.3, -0.25) is 9.59 Å². The van der Waals surface area contributed by atoms with E-state index in [2.05, 4.69) is 30.7 Å². The first-order valence-corrected chi connectivity index (χ1v) is 10.9. The lowest BCUT2D eigenvalue weighted by atomic mass is 9.87. The zero-order valence-electron chi connectivity index (χ0n) is 19.2. The maximum Gasteiger partial charge on any atom is 0.333 e. The molecule has 0 aliphatic heterocycles. The van der Waals surface area contributed by atoms with Crippen LogP contribution in [-0.2, 0) is 28.6 Å². The maximum absolute atomic E-state index is 12.3. The van der Waals surface area contributed by atoms with Crippen molar-refractivity contribution in [2.75, 3.05) is 20.3 Å². The molecule has 6 heteroatoms. The number of Topliss-reactive ketones (excluding diaryl/α,β-unsaturated/α-hetero) is 1. The average Bonchev–Trinajstić information content (AvgIpc) is 3.02. The number of methoxy groups -OCH3 is 1. The van der Waals surface area contributed by atoms with Gasteiger partial charge in [0, 0.05) is 32.3 Å². The summed E-state index contributed by atoms with van der Waals surface area (Å²) in [7, 11) is 1.28. The first-order valence-electron chi connectivity index (χ1n) is 10.9. The predicted octanol–water partition coefficient (Wildman–Crippen LogP) is 4.77. The summed E-state index contributed by atoms with van der Waals surface area (Å²) in [6, 6.07) is 0. The quantitative estimate of drug-likeness (QED) is 0.140. The Kier molecular flexibility index (Phi) is 11.6. The predicted molar refractivity (Wildman–Crippen MR) is 116 cm³/mol. The summed E-state index contributed by atoms with van der Waals surface area (Å²) in [6.45, 7) is 9.13. The van der Waals surface area contributed by atoms with Gasteiger partial charge in [0.05, 0.1) is 19.8 Å². The van der Waals surface area contributed by atoms with Gasteiger partial charge in [-0.05, 0) is 43.9 Å². The largest absolute Gasteiger partial charge is 0.466 e. The van der Waals surface area contributed by atoms with Crippen LogP contribution in [-0.4, -0.2) is 38.0 Å². The number of carbonyl (C=O) groups is 3. The highest BCUT2D eigenvalue weighted by molar-refractivity contribution is 5.84. The molecule has 2 atom stereocenters. The van der Waals surface area contributed by atoms with Crippen LogP contribution in [0.25, 0.3) is 0 Å². The van der Waals surface area contributed by atoms with Crippen LogP contribution in [0.2, 0.25) is 0 Å². The van der Waals surface area contributed by atoms with E-state index in [0.29, 0.717) is 30.3 Å². The first kappa shape index (κ1) is 26.1. The second kappa shape index (κ2) is 13.4. The molecular weight excluding hydrogens is 384 g/mol. The van der Waals surface area contributed by atoms with E-state index in [1.165, 1.54) is 20.1 Å². The molecule has 170 valence electrons. The number of hydrogen-bond donors (Lipinski definition) is 0. The molecular formula is C24H38O6. The lowest BCUT2D eigenvalue weighted by Gasteiger charge is -2.22. The van der Waals surface area contributed by atoms with Gasteiger partial charge < -0.3 is 14.2 Å². The summed E-state index contributed by atoms with van der Waals surface area (Å²) in [6.07, 6.45) is 10.9. The van der Waals surface area contributed by atoms with E-state index in [0.717, 1.165) is 45.3 Å². The minimum Gasteiger partial charge on any atom is -0.466 e. The van der Waals surface area contributed by atoms with Gasteiger partial charge in [0.1, 0.15) is 11.5 Å². The Balaban J connectivity index is 2.52. The van der Waals surface area contributed by atoms with Gasteiger partial charge in [-0.25, -0.2) is 4.79 Å². The Labute approximate surface area is 181 Å². The van der Waals surface area contributed by atoms with Gasteiger partial charge in [-0.1, -0.05) is 32.4 Å². The molecule has 6 nitrogen and oxygen atoms in total. The normalized spacial score (nSPS) is 20.0. The third kappa shape index (κ3) is 10.2. The summed E-state index contributed by atoms with van der Waals surface area (Å²) in [5, 5.41) is 0. The Hall–Kier alpha value is -1.95. The van der Waals surface area contributed by atoms with E-state index in [1.54, 1.807) is 0 Å². The van der Waals surface area contributed by atoms with Crippen LogP contribution < -0.4 is 0 Å². The van der Waals surface area contributed by atoms with Crippen LogP contribution in [0.15, 0.2) is 24.0 Å². The number of esters is 2. The van der Waals surface area contributed by atoms with Crippen LogP contribution >= 0.6 is 0 Å². The molecule has 0 unspecified atom stereocenters. The monoisotopic (exact) mass is 422 g/mol. The standard InChI is InChI=1S/C24H38O6/c1-6-29-17-24(3,4)15-9-10-19-13-14-22(26)21(19)12-8-7-11-20(30-18(2)25)16-23(27)28-5/h9-10,16,19,21H,6-8,11-15,17H2,1-5H3/t19-,21+/m0/s1. The molecule has 0 N–H and O–H groups in total. The summed E-state index contributed by atoms with van der Waals surface area (Å²) < 4.78 is 15.2.